The number of rotatable bonds is 1. The number of hydrogen-bond acceptors (Lipinski definition) is 1. The zero-order valence-corrected chi connectivity index (χ0v) is 6.41. The van der Waals surface area contributed by atoms with E-state index in [0.29, 0.717) is 0 Å². The molecule has 0 aromatic heterocycles. The van der Waals surface area contributed by atoms with Crippen LogP contribution in [0.5, 0.6) is 0 Å². The molecule has 0 atom stereocenters. The van der Waals surface area contributed by atoms with Crippen molar-refractivity contribution in [3.05, 3.63) is 28.6 Å². The molecule has 0 saturated carbocycles. The molecule has 10 heavy (non-hydrogen) atoms. The van der Waals surface area contributed by atoms with Gasteiger partial charge >= 0.3 is 0 Å². The van der Waals surface area contributed by atoms with Crippen LogP contribution < -0.4 is 4.90 Å². The van der Waals surface area contributed by atoms with Crippen molar-refractivity contribution in [1.82, 2.24) is 0 Å². The van der Waals surface area contributed by atoms with Crippen LogP contribution in [0.1, 0.15) is 13.7 Å². The highest BCUT2D eigenvalue weighted by Gasteiger charge is 1.92. The van der Waals surface area contributed by atoms with Crippen LogP contribution in [0.4, 0.5) is 5.69 Å². The van der Waals surface area contributed by atoms with Crippen LogP contribution in [0, 0.1) is 0 Å². The monoisotopic (exact) mass is 209 g/mol. The molecule has 0 aliphatic carbocycles. The van der Waals surface area contributed by atoms with Gasteiger partial charge in [-0.05, 0) is 18.1 Å². The maximum atomic E-state index is 7.75. The number of nitrogens with zero attached hydrogens (tertiary/aromatic N) is 1. The third-order valence-corrected chi connectivity index (χ3v) is 1.20. The highest BCUT2D eigenvalue weighted by Crippen LogP contribution is 2.17. The molecule has 1 rings (SSSR count). The van der Waals surface area contributed by atoms with Gasteiger partial charge < -0.3 is 4.90 Å². The van der Waals surface area contributed by atoms with Gasteiger partial charge in [0.15, 0.2) is 0 Å². The van der Waals surface area contributed by atoms with E-state index in [4.69, 9.17) is 13.7 Å². The van der Waals surface area contributed by atoms with Crippen molar-refractivity contribution < 1.29 is 13.7 Å². The summed E-state index contributed by atoms with van der Waals surface area (Å²) in [6, 6.07) is -2.53. The Morgan fingerprint density at radius 1 is 1.60 bits per heavy atom. The highest BCUT2D eigenvalue weighted by molar-refractivity contribution is 9.10. The van der Waals surface area contributed by atoms with Gasteiger partial charge in [-0.3, -0.25) is 0 Å². The van der Waals surface area contributed by atoms with Crippen LogP contribution in [0.25, 0.3) is 0 Å². The van der Waals surface area contributed by atoms with Crippen LogP contribution in [0.15, 0.2) is 28.6 Å². The van der Waals surface area contributed by atoms with Gasteiger partial charge in [-0.25, -0.2) is 0 Å². The quantitative estimate of drug-likeness (QED) is 0.688. The second-order valence-corrected chi connectivity index (χ2v) is 2.29. The summed E-state index contributed by atoms with van der Waals surface area (Å²) in [6.45, 7) is -6.24. The summed E-state index contributed by atoms with van der Waals surface area (Å²) < 4.78 is 73.9. The summed E-state index contributed by atoms with van der Waals surface area (Å²) >= 11 is 2.84. The molecule has 0 N–H and O–H groups in total. The van der Waals surface area contributed by atoms with Crippen LogP contribution in [-0.4, -0.2) is 14.0 Å². The van der Waals surface area contributed by atoms with E-state index in [2.05, 4.69) is 15.9 Å². The predicted octanol–water partition coefficient (Wildman–Crippen LogP) is 2.52. The van der Waals surface area contributed by atoms with E-state index < -0.39 is 43.8 Å². The molecule has 0 radical (unpaired) electrons. The van der Waals surface area contributed by atoms with E-state index in [-0.39, 0.29) is 9.37 Å². The molecule has 0 fully saturated rings. The van der Waals surface area contributed by atoms with Gasteiger partial charge in [0.1, 0.15) is 0 Å². The Morgan fingerprint density at radius 3 is 3.10 bits per heavy atom. The molecule has 1 aromatic rings. The minimum absolute atomic E-state index is 0.0209. The van der Waals surface area contributed by atoms with Crippen molar-refractivity contribution in [3.63, 3.8) is 0 Å². The predicted molar refractivity (Wildman–Crippen MR) is 48.5 cm³/mol. The second kappa shape index (κ2) is 3.06. The second-order valence-electron chi connectivity index (χ2n) is 1.50. The number of hydrogen-bond donors (Lipinski definition) is 0. The summed E-state index contributed by atoms with van der Waals surface area (Å²) in [4.78, 5) is -0.0209. The molecule has 0 aliphatic rings. The first-order valence-electron chi connectivity index (χ1n) is 7.36. The van der Waals surface area contributed by atoms with Gasteiger partial charge in [0, 0.05) is 32.3 Å². The van der Waals surface area contributed by atoms with Crippen molar-refractivity contribution in [3.8, 4) is 0 Å². The molecule has 1 nitrogen and oxygen atoms in total. The molecule has 0 amide bonds. The third kappa shape index (κ3) is 1.74. The fourth-order valence-corrected chi connectivity index (χ4v) is 0.710. The van der Waals surface area contributed by atoms with Gasteiger partial charge in [-0.1, -0.05) is 22.0 Å². The zero-order chi connectivity index (χ0) is 16.0. The Morgan fingerprint density at radius 2 is 2.40 bits per heavy atom. The van der Waals surface area contributed by atoms with Gasteiger partial charge in [0.25, 0.3) is 0 Å². The summed E-state index contributed by atoms with van der Waals surface area (Å²) in [6.07, 6.45) is 0. The van der Waals surface area contributed by atoms with E-state index in [1.54, 1.807) is 0 Å². The lowest BCUT2D eigenvalue weighted by atomic mass is 10.3. The van der Waals surface area contributed by atoms with Gasteiger partial charge in [-0.15, -0.1) is 0 Å². The molecule has 54 valence electrons. The minimum Gasteiger partial charge on any atom is -0.378 e. The lowest BCUT2D eigenvalue weighted by Crippen LogP contribution is -2.07. The fourth-order valence-electron chi connectivity index (χ4n) is 0.424. The molecular formula is C8H10BrN. The van der Waals surface area contributed by atoms with Crippen molar-refractivity contribution in [2.75, 3.05) is 18.9 Å². The summed E-state index contributed by atoms with van der Waals surface area (Å²) in [5, 5.41) is 0. The van der Waals surface area contributed by atoms with Crippen LogP contribution in [0.3, 0.4) is 0 Å². The van der Waals surface area contributed by atoms with E-state index in [0.717, 1.165) is 0 Å². The van der Waals surface area contributed by atoms with E-state index >= 15 is 0 Å². The Kier molecular flexibility index (Phi) is 0.552. The Bertz CT molecular complexity index is 491. The standard InChI is InChI=1S/C8H10BrN/c1-10(2)8-5-3-4-7(9)6-8/h3-6H,1-2H3/i1D3,2D3,3D,4D,5D,6D. The van der Waals surface area contributed by atoms with Crippen molar-refractivity contribution in [2.45, 2.75) is 0 Å². The highest BCUT2D eigenvalue weighted by atomic mass is 79.9. The summed E-state index contributed by atoms with van der Waals surface area (Å²) in [5.74, 6) is 0. The first-order valence-corrected chi connectivity index (χ1v) is 3.15. The lowest BCUT2D eigenvalue weighted by molar-refractivity contribution is 1.13. The van der Waals surface area contributed by atoms with Crippen LogP contribution in [-0.2, 0) is 0 Å². The lowest BCUT2D eigenvalue weighted by Gasteiger charge is -2.11. The SMILES string of the molecule is [2H]c1c([2H])c(Br)c([2H])c(N(C([2H])([2H])[2H])C([2H])([2H])[2H])c1[2H]. The average Bonchev–Trinajstić information content (AvgIpc) is 2.26. The molecule has 2 heteroatoms. The first kappa shape index (κ1) is 1.81. The molecule has 0 aliphatic heterocycles. The van der Waals surface area contributed by atoms with Crippen LogP contribution in [0.2, 0.25) is 0 Å². The first-order chi connectivity index (χ1) is 8.80. The fraction of sp³-hybridized carbons (Fsp3) is 0.250. The summed E-state index contributed by atoms with van der Waals surface area (Å²) in [5.41, 5.74) is -0.724. The molecular weight excluding hydrogens is 190 g/mol. The van der Waals surface area contributed by atoms with E-state index in [9.17, 15) is 0 Å². The van der Waals surface area contributed by atoms with E-state index in [1.165, 1.54) is 0 Å². The van der Waals surface area contributed by atoms with E-state index in [1.807, 2.05) is 0 Å². The molecule has 0 saturated heterocycles. The molecule has 0 unspecified atom stereocenters. The molecule has 0 bridgehead atoms. The van der Waals surface area contributed by atoms with Gasteiger partial charge in [-0.2, -0.15) is 0 Å². The number of anilines is 1. The Labute approximate surface area is 83.8 Å². The molecule has 0 spiro atoms. The number of benzene rings is 1. The molecule has 0 heterocycles. The minimum atomic E-state index is -3.12. The van der Waals surface area contributed by atoms with Crippen molar-refractivity contribution >= 4 is 21.6 Å². The Balaban J connectivity index is 3.76. The maximum absolute atomic E-state index is 7.75. The topological polar surface area (TPSA) is 3.24 Å². The number of halogens is 1. The van der Waals surface area contributed by atoms with Gasteiger partial charge in [0.2, 0.25) is 0 Å². The van der Waals surface area contributed by atoms with Gasteiger partial charge in [0.05, 0.1) is 5.48 Å². The smallest absolute Gasteiger partial charge is 0.0657 e. The van der Waals surface area contributed by atoms with Crippen LogP contribution >= 0.6 is 15.9 Å². The average molecular weight is 210 g/mol. The van der Waals surface area contributed by atoms with Crippen molar-refractivity contribution in [2.24, 2.45) is 0 Å². The Hall–Kier alpha value is -0.500. The zero-order valence-electron chi connectivity index (χ0n) is 14.8. The van der Waals surface area contributed by atoms with Crippen molar-refractivity contribution in [1.29, 1.82) is 0 Å². The normalized spacial score (nSPS) is 26.5. The summed E-state index contributed by atoms with van der Waals surface area (Å²) in [7, 11) is 0. The molecule has 1 aromatic carbocycles. The largest absolute Gasteiger partial charge is 0.378 e. The maximum Gasteiger partial charge on any atom is 0.0657 e. The third-order valence-electron chi connectivity index (χ3n) is 0.805.